The molecule has 3 rings (SSSR count). The van der Waals surface area contributed by atoms with Crippen LogP contribution in [0.1, 0.15) is 22.3 Å². The van der Waals surface area contributed by atoms with E-state index in [1.165, 1.54) is 11.9 Å². The molecule has 126 valence electrons. The summed E-state index contributed by atoms with van der Waals surface area (Å²) in [6, 6.07) is 17.9. The van der Waals surface area contributed by atoms with Gasteiger partial charge in [0.15, 0.2) is 0 Å². The standard InChI is InChI=1S/C21H21N3O/c1-24(13-7-10-17-8-3-2-4-9-17)21(25)20-12-6-5-11-19(20)18-14-22-16-23-15-18/h2-6,8-9,11-12,14-16H,7,10,13H2,1H3. The molecular formula is C21H21N3O. The molecular weight excluding hydrogens is 310 g/mol. The third-order valence-corrected chi connectivity index (χ3v) is 4.18. The predicted molar refractivity (Wildman–Crippen MR) is 99.2 cm³/mol. The molecule has 0 N–H and O–H groups in total. The number of hydrogen-bond acceptors (Lipinski definition) is 3. The lowest BCUT2D eigenvalue weighted by Crippen LogP contribution is -2.28. The Hall–Kier alpha value is -3.01. The molecule has 0 atom stereocenters. The predicted octanol–water partition coefficient (Wildman–Crippen LogP) is 3.85. The fraction of sp³-hybridized carbons (Fsp3) is 0.190. The second-order valence-corrected chi connectivity index (χ2v) is 5.99. The van der Waals surface area contributed by atoms with E-state index >= 15 is 0 Å². The monoisotopic (exact) mass is 331 g/mol. The SMILES string of the molecule is CN(CCCc1ccccc1)C(=O)c1ccccc1-c1cncnc1. The highest BCUT2D eigenvalue weighted by Crippen LogP contribution is 2.23. The molecule has 0 fully saturated rings. The van der Waals surface area contributed by atoms with Gasteiger partial charge < -0.3 is 4.90 Å². The van der Waals surface area contributed by atoms with E-state index in [4.69, 9.17) is 0 Å². The molecule has 2 aromatic carbocycles. The summed E-state index contributed by atoms with van der Waals surface area (Å²) in [6.45, 7) is 0.716. The van der Waals surface area contributed by atoms with Crippen LogP contribution in [-0.2, 0) is 6.42 Å². The van der Waals surface area contributed by atoms with Crippen LogP contribution in [0, 0.1) is 0 Å². The van der Waals surface area contributed by atoms with E-state index in [0.717, 1.165) is 24.0 Å². The van der Waals surface area contributed by atoms with Crippen molar-refractivity contribution in [3.8, 4) is 11.1 Å². The van der Waals surface area contributed by atoms with Gasteiger partial charge in [0, 0.05) is 37.1 Å². The zero-order chi connectivity index (χ0) is 17.5. The fourth-order valence-corrected chi connectivity index (χ4v) is 2.83. The molecule has 4 heteroatoms. The van der Waals surface area contributed by atoms with E-state index in [9.17, 15) is 4.79 Å². The molecule has 1 heterocycles. The number of aromatic nitrogens is 2. The number of aryl methyl sites for hydroxylation is 1. The van der Waals surface area contributed by atoms with Crippen LogP contribution in [0.25, 0.3) is 11.1 Å². The minimum atomic E-state index is 0.0208. The Kier molecular flexibility index (Phi) is 5.52. The average molecular weight is 331 g/mol. The Morgan fingerprint density at radius 2 is 1.64 bits per heavy atom. The summed E-state index contributed by atoms with van der Waals surface area (Å²) < 4.78 is 0. The number of carbonyl (C=O) groups excluding carboxylic acids is 1. The maximum atomic E-state index is 12.9. The maximum Gasteiger partial charge on any atom is 0.254 e. The van der Waals surface area contributed by atoms with E-state index in [0.29, 0.717) is 12.1 Å². The van der Waals surface area contributed by atoms with Gasteiger partial charge in [0.1, 0.15) is 6.33 Å². The number of hydrogen-bond donors (Lipinski definition) is 0. The van der Waals surface area contributed by atoms with Gasteiger partial charge in [-0.25, -0.2) is 9.97 Å². The third-order valence-electron chi connectivity index (χ3n) is 4.18. The first kappa shape index (κ1) is 16.8. The van der Waals surface area contributed by atoms with Gasteiger partial charge >= 0.3 is 0 Å². The van der Waals surface area contributed by atoms with E-state index in [-0.39, 0.29) is 5.91 Å². The van der Waals surface area contributed by atoms with Crippen LogP contribution in [-0.4, -0.2) is 34.4 Å². The van der Waals surface area contributed by atoms with Crippen LogP contribution >= 0.6 is 0 Å². The van der Waals surface area contributed by atoms with Crippen LogP contribution in [0.4, 0.5) is 0 Å². The summed E-state index contributed by atoms with van der Waals surface area (Å²) >= 11 is 0. The fourth-order valence-electron chi connectivity index (χ4n) is 2.83. The lowest BCUT2D eigenvalue weighted by Gasteiger charge is -2.19. The summed E-state index contributed by atoms with van der Waals surface area (Å²) in [7, 11) is 1.85. The first-order valence-electron chi connectivity index (χ1n) is 8.39. The van der Waals surface area contributed by atoms with Crippen molar-refractivity contribution in [1.82, 2.24) is 14.9 Å². The zero-order valence-electron chi connectivity index (χ0n) is 14.3. The molecule has 0 saturated carbocycles. The highest BCUT2D eigenvalue weighted by atomic mass is 16.2. The Labute approximate surface area is 148 Å². The molecule has 25 heavy (non-hydrogen) atoms. The average Bonchev–Trinajstić information content (AvgIpc) is 2.69. The van der Waals surface area contributed by atoms with Crippen LogP contribution in [0.15, 0.2) is 73.3 Å². The Bertz CT molecular complexity index is 819. The van der Waals surface area contributed by atoms with E-state index in [2.05, 4.69) is 22.1 Å². The first-order chi connectivity index (χ1) is 12.3. The number of carbonyl (C=O) groups is 1. The second kappa shape index (κ2) is 8.20. The molecule has 0 spiro atoms. The lowest BCUT2D eigenvalue weighted by atomic mass is 10.0. The Morgan fingerprint density at radius 1 is 0.960 bits per heavy atom. The van der Waals surface area contributed by atoms with E-state index in [1.54, 1.807) is 17.3 Å². The van der Waals surface area contributed by atoms with Gasteiger partial charge in [-0.3, -0.25) is 4.79 Å². The summed E-state index contributed by atoms with van der Waals surface area (Å²) in [5, 5.41) is 0. The second-order valence-electron chi connectivity index (χ2n) is 5.99. The molecule has 4 nitrogen and oxygen atoms in total. The van der Waals surface area contributed by atoms with Gasteiger partial charge in [0.25, 0.3) is 5.91 Å². The zero-order valence-corrected chi connectivity index (χ0v) is 14.3. The molecule has 0 saturated heterocycles. The largest absolute Gasteiger partial charge is 0.342 e. The molecule has 0 aliphatic rings. The molecule has 0 bridgehead atoms. The molecule has 0 aliphatic carbocycles. The van der Waals surface area contributed by atoms with Crippen molar-refractivity contribution in [1.29, 1.82) is 0 Å². The van der Waals surface area contributed by atoms with Crippen molar-refractivity contribution in [3.63, 3.8) is 0 Å². The van der Waals surface area contributed by atoms with Crippen molar-refractivity contribution >= 4 is 5.91 Å². The quantitative estimate of drug-likeness (QED) is 0.689. The van der Waals surface area contributed by atoms with Gasteiger partial charge in [0.2, 0.25) is 0 Å². The smallest absolute Gasteiger partial charge is 0.254 e. The van der Waals surface area contributed by atoms with Crippen LogP contribution in [0.3, 0.4) is 0 Å². The topological polar surface area (TPSA) is 46.1 Å². The van der Waals surface area contributed by atoms with Gasteiger partial charge in [-0.15, -0.1) is 0 Å². The van der Waals surface area contributed by atoms with Gasteiger partial charge in [0.05, 0.1) is 0 Å². The highest BCUT2D eigenvalue weighted by molar-refractivity contribution is 6.00. The molecule has 0 unspecified atom stereocenters. The minimum absolute atomic E-state index is 0.0208. The Balaban J connectivity index is 1.68. The number of benzene rings is 2. The molecule has 1 amide bonds. The number of rotatable bonds is 6. The van der Waals surface area contributed by atoms with Crippen LogP contribution < -0.4 is 0 Å². The van der Waals surface area contributed by atoms with Crippen molar-refractivity contribution < 1.29 is 4.79 Å². The van der Waals surface area contributed by atoms with Crippen LogP contribution in [0.5, 0.6) is 0 Å². The minimum Gasteiger partial charge on any atom is -0.342 e. The molecule has 1 aromatic heterocycles. The molecule has 3 aromatic rings. The number of amides is 1. The third kappa shape index (κ3) is 4.29. The van der Waals surface area contributed by atoms with Crippen molar-refractivity contribution in [2.45, 2.75) is 12.8 Å². The van der Waals surface area contributed by atoms with Gasteiger partial charge in [-0.1, -0.05) is 48.5 Å². The van der Waals surface area contributed by atoms with Gasteiger partial charge in [-0.05, 0) is 30.0 Å². The van der Waals surface area contributed by atoms with E-state index < -0.39 is 0 Å². The summed E-state index contributed by atoms with van der Waals surface area (Å²) in [5.41, 5.74) is 3.69. The molecule has 0 aliphatic heterocycles. The Morgan fingerprint density at radius 3 is 2.40 bits per heavy atom. The lowest BCUT2D eigenvalue weighted by molar-refractivity contribution is 0.0794. The first-order valence-corrected chi connectivity index (χ1v) is 8.39. The normalized spacial score (nSPS) is 10.4. The summed E-state index contributed by atoms with van der Waals surface area (Å²) in [6.07, 6.45) is 6.85. The number of nitrogens with zero attached hydrogens (tertiary/aromatic N) is 3. The van der Waals surface area contributed by atoms with E-state index in [1.807, 2.05) is 49.5 Å². The van der Waals surface area contributed by atoms with Crippen molar-refractivity contribution in [3.05, 3.63) is 84.4 Å². The maximum absolute atomic E-state index is 12.9. The van der Waals surface area contributed by atoms with Crippen molar-refractivity contribution in [2.75, 3.05) is 13.6 Å². The summed E-state index contributed by atoms with van der Waals surface area (Å²) in [4.78, 5) is 22.8. The highest BCUT2D eigenvalue weighted by Gasteiger charge is 2.16. The van der Waals surface area contributed by atoms with Crippen molar-refractivity contribution in [2.24, 2.45) is 0 Å². The van der Waals surface area contributed by atoms with Crippen LogP contribution in [0.2, 0.25) is 0 Å². The summed E-state index contributed by atoms with van der Waals surface area (Å²) in [5.74, 6) is 0.0208. The van der Waals surface area contributed by atoms with Gasteiger partial charge in [-0.2, -0.15) is 0 Å². The molecule has 0 radical (unpaired) electrons.